The first kappa shape index (κ1) is 19.6. The lowest BCUT2D eigenvalue weighted by atomic mass is 9.96. The minimum Gasteiger partial charge on any atom is -0.480 e. The fourth-order valence-corrected chi connectivity index (χ4v) is 3.79. The van der Waals surface area contributed by atoms with E-state index in [-0.39, 0.29) is 6.42 Å². The Morgan fingerprint density at radius 1 is 1.23 bits per heavy atom. The van der Waals surface area contributed by atoms with Gasteiger partial charge in [0.05, 0.1) is 12.0 Å². The van der Waals surface area contributed by atoms with Crippen LogP contribution >= 0.6 is 0 Å². The molecule has 2 heterocycles. The number of imidazole rings is 1. The molecule has 0 fully saturated rings. The molecule has 0 aliphatic carbocycles. The second-order valence-electron chi connectivity index (χ2n) is 7.20. The summed E-state index contributed by atoms with van der Waals surface area (Å²) in [5.74, 6) is -1.53. The highest BCUT2D eigenvalue weighted by Gasteiger charge is 2.35. The number of carbonyl (C=O) groups excluding carboxylic acids is 1. The van der Waals surface area contributed by atoms with Gasteiger partial charge in [0.1, 0.15) is 17.9 Å². The fourth-order valence-electron chi connectivity index (χ4n) is 3.79. The van der Waals surface area contributed by atoms with Crippen molar-refractivity contribution in [2.24, 2.45) is 0 Å². The first-order valence-electron chi connectivity index (χ1n) is 9.64. The van der Waals surface area contributed by atoms with E-state index in [4.69, 9.17) is 0 Å². The number of carboxylic acid groups (broad SMARTS) is 1. The lowest BCUT2D eigenvalue weighted by molar-refractivity contribution is -0.139. The van der Waals surface area contributed by atoms with Crippen LogP contribution in [0.5, 0.6) is 0 Å². The number of nitrogens with zero attached hydrogens (tertiary/aromatic N) is 2. The number of carboxylic acids is 1. The second-order valence-corrected chi connectivity index (χ2v) is 7.20. The van der Waals surface area contributed by atoms with Crippen molar-refractivity contribution in [1.82, 2.24) is 20.2 Å². The van der Waals surface area contributed by atoms with Gasteiger partial charge in [-0.2, -0.15) is 0 Å². The maximum Gasteiger partial charge on any atom is 0.326 e. The normalized spacial score (nSPS) is 16.6. The average molecular weight is 408 g/mol. The van der Waals surface area contributed by atoms with Crippen molar-refractivity contribution in [3.8, 4) is 0 Å². The maximum atomic E-state index is 13.9. The van der Waals surface area contributed by atoms with E-state index in [1.54, 1.807) is 18.5 Å². The van der Waals surface area contributed by atoms with Crippen LogP contribution in [0.2, 0.25) is 0 Å². The van der Waals surface area contributed by atoms with Gasteiger partial charge in [-0.1, -0.05) is 42.5 Å². The number of amides is 2. The number of rotatable bonds is 5. The first-order chi connectivity index (χ1) is 14.5. The molecule has 0 spiro atoms. The maximum absolute atomic E-state index is 13.9. The van der Waals surface area contributed by atoms with Crippen molar-refractivity contribution < 1.29 is 19.1 Å². The molecule has 3 N–H and O–H groups in total. The molecular formula is C22H21FN4O3. The Hall–Kier alpha value is -3.68. The Labute approximate surface area is 172 Å². The summed E-state index contributed by atoms with van der Waals surface area (Å²) in [7, 11) is 0. The monoisotopic (exact) mass is 408 g/mol. The molecule has 1 aliphatic rings. The van der Waals surface area contributed by atoms with Gasteiger partial charge in [0.15, 0.2) is 0 Å². The molecule has 2 aromatic carbocycles. The summed E-state index contributed by atoms with van der Waals surface area (Å²) < 4.78 is 13.9. The van der Waals surface area contributed by atoms with E-state index in [9.17, 15) is 19.1 Å². The first-order valence-corrected chi connectivity index (χ1v) is 9.64. The smallest absolute Gasteiger partial charge is 0.326 e. The van der Waals surface area contributed by atoms with Gasteiger partial charge in [-0.3, -0.25) is 0 Å². The third-order valence-corrected chi connectivity index (χ3v) is 5.23. The Bertz CT molecular complexity index is 1050. The molecule has 154 valence electrons. The number of aromatic nitrogens is 2. The van der Waals surface area contributed by atoms with Gasteiger partial charge < -0.3 is 20.3 Å². The zero-order valence-corrected chi connectivity index (χ0v) is 16.1. The largest absolute Gasteiger partial charge is 0.480 e. The van der Waals surface area contributed by atoms with Gasteiger partial charge in [0.25, 0.3) is 0 Å². The molecule has 2 atom stereocenters. The molecule has 7 nitrogen and oxygen atoms in total. The molecule has 1 unspecified atom stereocenters. The van der Waals surface area contributed by atoms with Crippen molar-refractivity contribution in [2.75, 3.05) is 6.54 Å². The predicted molar refractivity (Wildman–Crippen MR) is 107 cm³/mol. The quantitative estimate of drug-likeness (QED) is 0.605. The summed E-state index contributed by atoms with van der Waals surface area (Å²) in [5.41, 5.74) is 2.90. The summed E-state index contributed by atoms with van der Waals surface area (Å²) in [6.45, 7) is 0.347. The van der Waals surface area contributed by atoms with Crippen LogP contribution in [-0.4, -0.2) is 44.6 Å². The number of halogens is 1. The topological polar surface area (TPSA) is 98.3 Å². The van der Waals surface area contributed by atoms with E-state index in [0.29, 0.717) is 24.2 Å². The number of urea groups is 1. The van der Waals surface area contributed by atoms with Crippen molar-refractivity contribution in [3.63, 3.8) is 0 Å². The SMILES string of the molecule is O=C(O)[C@@H](Cc1ccccc1)NC(=O)N1CCc2[nH]cnc2C1c1cccc(F)c1. The highest BCUT2D eigenvalue weighted by Crippen LogP contribution is 2.33. The number of aliphatic carboxylic acids is 1. The van der Waals surface area contributed by atoms with E-state index in [1.165, 1.54) is 17.0 Å². The van der Waals surface area contributed by atoms with Gasteiger partial charge in [-0.15, -0.1) is 0 Å². The van der Waals surface area contributed by atoms with E-state index < -0.39 is 29.9 Å². The Balaban J connectivity index is 1.60. The third kappa shape index (κ3) is 4.03. The van der Waals surface area contributed by atoms with Gasteiger partial charge in [-0.05, 0) is 23.3 Å². The molecule has 3 aromatic rings. The zero-order valence-electron chi connectivity index (χ0n) is 16.1. The van der Waals surface area contributed by atoms with Crippen LogP contribution in [-0.2, 0) is 17.6 Å². The summed E-state index contributed by atoms with van der Waals surface area (Å²) in [6, 6.07) is 12.9. The van der Waals surface area contributed by atoms with Crippen molar-refractivity contribution in [3.05, 3.63) is 89.3 Å². The molecule has 30 heavy (non-hydrogen) atoms. The minimum absolute atomic E-state index is 0.161. The number of hydrogen-bond donors (Lipinski definition) is 3. The zero-order chi connectivity index (χ0) is 21.1. The standard InChI is InChI=1S/C22H21FN4O3/c23-16-8-4-7-15(12-16)20-19-17(24-13-25-19)9-10-27(20)22(30)26-18(21(28)29)11-14-5-2-1-3-6-14/h1-8,12-13,18,20H,9-11H2,(H,24,25)(H,26,30)(H,28,29)/t18-,20?/m1/s1. The number of aromatic amines is 1. The summed E-state index contributed by atoms with van der Waals surface area (Å²) in [6.07, 6.45) is 2.26. The van der Waals surface area contributed by atoms with Crippen LogP contribution in [0, 0.1) is 5.82 Å². The molecule has 1 aromatic heterocycles. The summed E-state index contributed by atoms with van der Waals surface area (Å²) in [4.78, 5) is 33.8. The molecule has 0 radical (unpaired) electrons. The molecule has 1 aliphatic heterocycles. The van der Waals surface area contributed by atoms with Gasteiger partial charge in [-0.25, -0.2) is 19.0 Å². The Morgan fingerprint density at radius 2 is 2.03 bits per heavy atom. The van der Waals surface area contributed by atoms with Crippen LogP contribution in [0.4, 0.5) is 9.18 Å². The number of carbonyl (C=O) groups is 2. The summed E-state index contributed by atoms with van der Waals surface area (Å²) in [5, 5.41) is 12.3. The van der Waals surface area contributed by atoms with Crippen LogP contribution in [0.15, 0.2) is 60.9 Å². The predicted octanol–water partition coefficient (Wildman–Crippen LogP) is 2.90. The average Bonchev–Trinajstić information content (AvgIpc) is 3.22. The van der Waals surface area contributed by atoms with E-state index >= 15 is 0 Å². The van der Waals surface area contributed by atoms with Crippen LogP contribution in [0.25, 0.3) is 0 Å². The molecule has 8 heteroatoms. The van der Waals surface area contributed by atoms with Crippen LogP contribution in [0.1, 0.15) is 28.6 Å². The van der Waals surface area contributed by atoms with E-state index in [1.807, 2.05) is 30.3 Å². The molecular weight excluding hydrogens is 387 g/mol. The Kier molecular flexibility index (Phi) is 5.47. The number of benzene rings is 2. The minimum atomic E-state index is -1.12. The van der Waals surface area contributed by atoms with E-state index in [2.05, 4.69) is 15.3 Å². The lowest BCUT2D eigenvalue weighted by Gasteiger charge is -2.36. The Morgan fingerprint density at radius 3 is 2.77 bits per heavy atom. The van der Waals surface area contributed by atoms with Crippen molar-refractivity contribution in [1.29, 1.82) is 0 Å². The summed E-state index contributed by atoms with van der Waals surface area (Å²) >= 11 is 0. The molecule has 2 amide bonds. The molecule has 0 saturated carbocycles. The second kappa shape index (κ2) is 8.36. The fraction of sp³-hybridized carbons (Fsp3) is 0.227. The van der Waals surface area contributed by atoms with Crippen LogP contribution < -0.4 is 5.32 Å². The van der Waals surface area contributed by atoms with Gasteiger partial charge in [0, 0.05) is 25.1 Å². The van der Waals surface area contributed by atoms with Gasteiger partial charge >= 0.3 is 12.0 Å². The molecule has 0 bridgehead atoms. The molecule has 4 rings (SSSR count). The highest BCUT2D eigenvalue weighted by molar-refractivity contribution is 5.83. The number of fused-ring (bicyclic) bond motifs is 1. The van der Waals surface area contributed by atoms with Crippen LogP contribution in [0.3, 0.4) is 0 Å². The molecule has 0 saturated heterocycles. The van der Waals surface area contributed by atoms with Crippen molar-refractivity contribution in [2.45, 2.75) is 24.9 Å². The lowest BCUT2D eigenvalue weighted by Crippen LogP contribution is -2.51. The van der Waals surface area contributed by atoms with Crippen molar-refractivity contribution >= 4 is 12.0 Å². The third-order valence-electron chi connectivity index (χ3n) is 5.23. The number of H-pyrrole nitrogens is 1. The van der Waals surface area contributed by atoms with E-state index in [0.717, 1.165) is 11.3 Å². The highest BCUT2D eigenvalue weighted by atomic mass is 19.1. The number of hydrogen-bond acceptors (Lipinski definition) is 3. The number of nitrogens with one attached hydrogen (secondary N) is 2. The van der Waals surface area contributed by atoms with Gasteiger partial charge in [0.2, 0.25) is 0 Å².